The molecule has 3 aromatic rings. The highest BCUT2D eigenvalue weighted by Crippen LogP contribution is 2.22. The molecule has 28 heavy (non-hydrogen) atoms. The highest BCUT2D eigenvalue weighted by atomic mass is 19.1. The van der Waals surface area contributed by atoms with E-state index in [4.69, 9.17) is 9.47 Å². The number of methoxy groups -OCH3 is 2. The smallest absolute Gasteiger partial charge is 0.253 e. The molecule has 1 amide bonds. The number of pyridine rings is 1. The Morgan fingerprint density at radius 1 is 1.00 bits per heavy atom. The van der Waals surface area contributed by atoms with Crippen LogP contribution >= 0.6 is 0 Å². The van der Waals surface area contributed by atoms with Gasteiger partial charge in [0.05, 0.1) is 25.8 Å². The number of amides is 1. The number of hydrogen-bond donors (Lipinski definition) is 1. The first kappa shape index (κ1) is 19.4. The van der Waals surface area contributed by atoms with Crippen LogP contribution in [0, 0.1) is 5.82 Å². The van der Waals surface area contributed by atoms with Crippen molar-refractivity contribution in [2.45, 2.75) is 12.5 Å². The van der Waals surface area contributed by atoms with Crippen molar-refractivity contribution in [3.63, 3.8) is 0 Å². The van der Waals surface area contributed by atoms with E-state index in [-0.39, 0.29) is 17.8 Å². The third-order valence-electron chi connectivity index (χ3n) is 4.38. The summed E-state index contributed by atoms with van der Waals surface area (Å²) in [4.78, 5) is 16.8. The summed E-state index contributed by atoms with van der Waals surface area (Å²) < 4.78 is 23.5. The van der Waals surface area contributed by atoms with Crippen molar-refractivity contribution >= 4 is 5.91 Å². The molecule has 2 aromatic carbocycles. The van der Waals surface area contributed by atoms with Gasteiger partial charge in [-0.1, -0.05) is 24.3 Å². The molecule has 0 radical (unpaired) electrons. The minimum atomic E-state index is -0.300. The van der Waals surface area contributed by atoms with Gasteiger partial charge in [-0.2, -0.15) is 0 Å². The second-order valence-corrected chi connectivity index (χ2v) is 6.22. The van der Waals surface area contributed by atoms with Gasteiger partial charge in [0.1, 0.15) is 11.6 Å². The van der Waals surface area contributed by atoms with Crippen molar-refractivity contribution < 1.29 is 18.7 Å². The van der Waals surface area contributed by atoms with E-state index in [0.717, 1.165) is 16.9 Å². The molecule has 1 aromatic heterocycles. The largest absolute Gasteiger partial charge is 0.497 e. The van der Waals surface area contributed by atoms with Crippen LogP contribution < -0.4 is 14.8 Å². The first-order valence-electron chi connectivity index (χ1n) is 8.78. The lowest BCUT2D eigenvalue weighted by Gasteiger charge is -2.20. The highest BCUT2D eigenvalue weighted by Gasteiger charge is 2.17. The van der Waals surface area contributed by atoms with E-state index in [1.54, 1.807) is 31.4 Å². The zero-order chi connectivity index (χ0) is 19.9. The van der Waals surface area contributed by atoms with E-state index in [0.29, 0.717) is 17.9 Å². The number of ether oxygens (including phenoxy) is 2. The Kier molecular flexibility index (Phi) is 6.22. The maximum absolute atomic E-state index is 13.2. The molecule has 144 valence electrons. The quantitative estimate of drug-likeness (QED) is 0.674. The Balaban J connectivity index is 1.83. The molecule has 6 heteroatoms. The molecular formula is C22H21FN2O3. The zero-order valence-electron chi connectivity index (χ0n) is 15.7. The Morgan fingerprint density at radius 3 is 2.29 bits per heavy atom. The summed E-state index contributed by atoms with van der Waals surface area (Å²) in [6.07, 6.45) is 1.99. The Hall–Kier alpha value is -3.41. The van der Waals surface area contributed by atoms with Gasteiger partial charge in [0.15, 0.2) is 0 Å². The molecule has 0 bridgehead atoms. The third kappa shape index (κ3) is 4.85. The standard InChI is InChI=1S/C22H21FN2O3/c1-27-19-10-5-16(6-11-19)20(13-15-3-8-18(23)9-4-15)25-22(26)17-7-12-21(28-2)24-14-17/h3-12,14,20H,13H2,1-2H3,(H,25,26). The number of hydrogen-bond acceptors (Lipinski definition) is 4. The summed E-state index contributed by atoms with van der Waals surface area (Å²) in [6, 6.07) is 16.7. The third-order valence-corrected chi connectivity index (χ3v) is 4.38. The second-order valence-electron chi connectivity index (χ2n) is 6.22. The van der Waals surface area contributed by atoms with Gasteiger partial charge in [-0.05, 0) is 47.9 Å². The van der Waals surface area contributed by atoms with E-state index in [1.807, 2.05) is 24.3 Å². The van der Waals surface area contributed by atoms with Crippen molar-refractivity contribution in [2.24, 2.45) is 0 Å². The number of nitrogens with zero attached hydrogens (tertiary/aromatic N) is 1. The van der Waals surface area contributed by atoms with Crippen LogP contribution in [0.3, 0.4) is 0 Å². The molecule has 0 saturated carbocycles. The molecule has 0 spiro atoms. The summed E-state index contributed by atoms with van der Waals surface area (Å²) in [5.41, 5.74) is 2.26. The summed E-state index contributed by atoms with van der Waals surface area (Å²) >= 11 is 0. The molecule has 0 aliphatic carbocycles. The van der Waals surface area contributed by atoms with Gasteiger partial charge in [-0.15, -0.1) is 0 Å². The normalized spacial score (nSPS) is 11.5. The van der Waals surface area contributed by atoms with Crippen molar-refractivity contribution in [3.8, 4) is 11.6 Å². The first-order valence-corrected chi connectivity index (χ1v) is 8.78. The lowest BCUT2D eigenvalue weighted by atomic mass is 9.98. The fraction of sp³-hybridized carbons (Fsp3) is 0.182. The van der Waals surface area contributed by atoms with E-state index in [1.165, 1.54) is 25.4 Å². The average Bonchev–Trinajstić information content (AvgIpc) is 2.75. The predicted octanol–water partition coefficient (Wildman–Crippen LogP) is 3.95. The van der Waals surface area contributed by atoms with E-state index in [2.05, 4.69) is 10.3 Å². The minimum Gasteiger partial charge on any atom is -0.497 e. The van der Waals surface area contributed by atoms with E-state index < -0.39 is 0 Å². The molecule has 0 aliphatic heterocycles. The van der Waals surface area contributed by atoms with Gasteiger partial charge < -0.3 is 14.8 Å². The van der Waals surface area contributed by atoms with Crippen LogP contribution in [0.4, 0.5) is 4.39 Å². The predicted molar refractivity (Wildman–Crippen MR) is 104 cm³/mol. The first-order chi connectivity index (χ1) is 13.6. The van der Waals surface area contributed by atoms with E-state index in [9.17, 15) is 9.18 Å². The highest BCUT2D eigenvalue weighted by molar-refractivity contribution is 5.94. The number of carbonyl (C=O) groups is 1. The molecule has 1 N–H and O–H groups in total. The Morgan fingerprint density at radius 2 is 1.71 bits per heavy atom. The molecule has 5 nitrogen and oxygen atoms in total. The van der Waals surface area contributed by atoms with Crippen LogP contribution in [0.5, 0.6) is 11.6 Å². The van der Waals surface area contributed by atoms with Gasteiger partial charge in [-0.3, -0.25) is 4.79 Å². The number of nitrogens with one attached hydrogen (secondary N) is 1. The maximum atomic E-state index is 13.2. The van der Waals surface area contributed by atoms with Crippen molar-refractivity contribution in [3.05, 3.63) is 89.4 Å². The average molecular weight is 380 g/mol. The summed E-state index contributed by atoms with van der Waals surface area (Å²) in [5.74, 6) is 0.626. The van der Waals surface area contributed by atoms with Crippen LogP contribution in [0.15, 0.2) is 66.9 Å². The van der Waals surface area contributed by atoms with Gasteiger partial charge in [0, 0.05) is 12.3 Å². The SMILES string of the molecule is COc1ccc(C(Cc2ccc(F)cc2)NC(=O)c2ccc(OC)nc2)cc1. The van der Waals surface area contributed by atoms with Crippen molar-refractivity contribution in [1.29, 1.82) is 0 Å². The second kappa shape index (κ2) is 8.99. The van der Waals surface area contributed by atoms with E-state index >= 15 is 0 Å². The molecule has 0 saturated heterocycles. The van der Waals surface area contributed by atoms with Crippen LogP contribution in [0.2, 0.25) is 0 Å². The molecule has 1 heterocycles. The van der Waals surface area contributed by atoms with Gasteiger partial charge in [0.2, 0.25) is 5.88 Å². The zero-order valence-corrected chi connectivity index (χ0v) is 15.7. The topological polar surface area (TPSA) is 60.5 Å². The number of rotatable bonds is 7. The fourth-order valence-electron chi connectivity index (χ4n) is 2.82. The number of benzene rings is 2. The maximum Gasteiger partial charge on any atom is 0.253 e. The molecule has 1 atom stereocenters. The van der Waals surface area contributed by atoms with Gasteiger partial charge in [0.25, 0.3) is 5.91 Å². The van der Waals surface area contributed by atoms with Crippen molar-refractivity contribution in [1.82, 2.24) is 10.3 Å². The minimum absolute atomic E-state index is 0.252. The van der Waals surface area contributed by atoms with Gasteiger partial charge >= 0.3 is 0 Å². The molecule has 0 aliphatic rings. The molecule has 0 fully saturated rings. The van der Waals surface area contributed by atoms with Crippen LogP contribution in [-0.2, 0) is 6.42 Å². The number of halogens is 1. The number of aromatic nitrogens is 1. The lowest BCUT2D eigenvalue weighted by molar-refractivity contribution is 0.0936. The molecular weight excluding hydrogens is 359 g/mol. The molecule has 3 rings (SSSR count). The Labute approximate surface area is 163 Å². The van der Waals surface area contributed by atoms with Crippen molar-refractivity contribution in [2.75, 3.05) is 14.2 Å². The van der Waals surface area contributed by atoms with Gasteiger partial charge in [-0.25, -0.2) is 9.37 Å². The fourth-order valence-corrected chi connectivity index (χ4v) is 2.82. The molecule has 1 unspecified atom stereocenters. The summed E-state index contributed by atoms with van der Waals surface area (Å²) in [7, 11) is 3.12. The number of carbonyl (C=O) groups excluding carboxylic acids is 1. The summed E-state index contributed by atoms with van der Waals surface area (Å²) in [5, 5.41) is 3.03. The monoisotopic (exact) mass is 380 g/mol. The Bertz CT molecular complexity index is 910. The van der Waals surface area contributed by atoms with Crippen LogP contribution in [-0.4, -0.2) is 25.1 Å². The van der Waals surface area contributed by atoms with Crippen LogP contribution in [0.25, 0.3) is 0 Å². The lowest BCUT2D eigenvalue weighted by Crippen LogP contribution is -2.30. The summed E-state index contributed by atoms with van der Waals surface area (Å²) in [6.45, 7) is 0. The van der Waals surface area contributed by atoms with Crippen LogP contribution in [0.1, 0.15) is 27.5 Å².